The number of aryl methyl sites for hydroxylation is 1. The van der Waals surface area contributed by atoms with E-state index >= 15 is 0 Å². The van der Waals surface area contributed by atoms with Gasteiger partial charge in [0.1, 0.15) is 11.2 Å². The summed E-state index contributed by atoms with van der Waals surface area (Å²) in [5.74, 6) is 0. The molecule has 0 amide bonds. The van der Waals surface area contributed by atoms with Crippen molar-refractivity contribution in [2.24, 2.45) is 0 Å². The van der Waals surface area contributed by atoms with E-state index in [2.05, 4.69) is 40.1 Å². The predicted octanol–water partition coefficient (Wildman–Crippen LogP) is 3.99. The highest BCUT2D eigenvalue weighted by molar-refractivity contribution is 7.93. The molecule has 1 aliphatic rings. The van der Waals surface area contributed by atoms with E-state index in [1.165, 1.54) is 16.2 Å². The van der Waals surface area contributed by atoms with E-state index < -0.39 is 21.2 Å². The third kappa shape index (κ3) is 6.98. The van der Waals surface area contributed by atoms with Gasteiger partial charge in [-0.05, 0) is 66.8 Å². The van der Waals surface area contributed by atoms with Gasteiger partial charge in [-0.3, -0.25) is 4.90 Å². The molecule has 3 rings (SSSR count). The molecule has 1 atom stereocenters. The maximum atomic E-state index is 13.1. The number of rotatable bonds is 12. The quantitative estimate of drug-likeness (QED) is 0.322. The number of hydrogen-bond donors (Lipinski definition) is 0. The summed E-state index contributed by atoms with van der Waals surface area (Å²) in [6.45, 7) is 9.89. The van der Waals surface area contributed by atoms with Gasteiger partial charge >= 0.3 is 0 Å². The number of sulfonamides is 1. The van der Waals surface area contributed by atoms with Crippen LogP contribution in [0.15, 0.2) is 58.3 Å². The van der Waals surface area contributed by atoms with Gasteiger partial charge in [0.2, 0.25) is 10.0 Å². The second-order valence-electron chi connectivity index (χ2n) is 8.80. The average Bonchev–Trinajstić information content (AvgIpc) is 2.85. The summed E-state index contributed by atoms with van der Waals surface area (Å²) in [4.78, 5) is 5.59. The molecule has 0 bridgehead atoms. The Morgan fingerprint density at radius 2 is 1.62 bits per heavy atom. The number of para-hydroxylation sites is 1. The van der Waals surface area contributed by atoms with Gasteiger partial charge in [-0.1, -0.05) is 44.5 Å². The molecule has 1 fully saturated rings. The Balaban J connectivity index is 1.48. The van der Waals surface area contributed by atoms with Crippen LogP contribution >= 0.6 is 0 Å². The standard InChI is InChI=1S/C26H39N3O3S2/c1-4-29(5-2)34(31,32)26-22-23(15-16-25(26)33(3)30)12-8-7-11-17-27-18-20-28(21-19-27)24-13-9-6-10-14-24/h6,9-10,13-16,22H,4-5,7-8,11-12,17-21H2,1-3H3. The smallest absolute Gasteiger partial charge is 0.248 e. The van der Waals surface area contributed by atoms with Crippen LogP contribution in [-0.2, 0) is 27.6 Å². The normalized spacial score (nSPS) is 16.2. The molecular weight excluding hydrogens is 466 g/mol. The minimum Gasteiger partial charge on any atom is -0.612 e. The first kappa shape index (κ1) is 27.0. The number of hydrogen-bond acceptors (Lipinski definition) is 5. The van der Waals surface area contributed by atoms with Crippen LogP contribution in [0, 0.1) is 0 Å². The first-order valence-electron chi connectivity index (χ1n) is 12.4. The van der Waals surface area contributed by atoms with Gasteiger partial charge in [-0.15, -0.1) is 0 Å². The monoisotopic (exact) mass is 505 g/mol. The Morgan fingerprint density at radius 1 is 0.941 bits per heavy atom. The minimum absolute atomic E-state index is 0.200. The molecule has 0 saturated carbocycles. The fourth-order valence-corrected chi connectivity index (χ4v) is 7.41. The number of nitrogens with zero attached hydrogens (tertiary/aromatic N) is 3. The molecule has 34 heavy (non-hydrogen) atoms. The van der Waals surface area contributed by atoms with Crippen molar-refractivity contribution >= 4 is 26.9 Å². The largest absolute Gasteiger partial charge is 0.612 e. The molecular formula is C26H39N3O3S2. The van der Waals surface area contributed by atoms with Crippen LogP contribution in [-0.4, -0.2) is 74.2 Å². The van der Waals surface area contributed by atoms with Crippen molar-refractivity contribution in [1.82, 2.24) is 9.21 Å². The second kappa shape index (κ2) is 12.9. The van der Waals surface area contributed by atoms with Gasteiger partial charge in [0, 0.05) is 45.0 Å². The van der Waals surface area contributed by atoms with Gasteiger partial charge in [0.05, 0.1) is 0 Å². The topological polar surface area (TPSA) is 66.9 Å². The summed E-state index contributed by atoms with van der Waals surface area (Å²) >= 11 is -1.36. The van der Waals surface area contributed by atoms with E-state index in [1.807, 2.05) is 19.9 Å². The Morgan fingerprint density at radius 3 is 2.24 bits per heavy atom. The molecule has 1 saturated heterocycles. The summed E-state index contributed by atoms with van der Waals surface area (Å²) in [5, 5.41) is 0. The first-order valence-corrected chi connectivity index (χ1v) is 15.4. The van der Waals surface area contributed by atoms with Crippen LogP contribution in [0.5, 0.6) is 0 Å². The molecule has 0 aromatic heterocycles. The van der Waals surface area contributed by atoms with Crippen molar-refractivity contribution < 1.29 is 13.0 Å². The summed E-state index contributed by atoms with van der Waals surface area (Å²) in [7, 11) is -3.64. The van der Waals surface area contributed by atoms with E-state index in [9.17, 15) is 13.0 Å². The molecule has 0 radical (unpaired) electrons. The van der Waals surface area contributed by atoms with E-state index in [-0.39, 0.29) is 4.90 Å². The van der Waals surface area contributed by atoms with Gasteiger partial charge < -0.3 is 9.45 Å². The van der Waals surface area contributed by atoms with Gasteiger partial charge in [0.15, 0.2) is 4.90 Å². The molecule has 8 heteroatoms. The summed E-state index contributed by atoms with van der Waals surface area (Å²) in [6.07, 6.45) is 5.64. The maximum Gasteiger partial charge on any atom is 0.248 e. The van der Waals surface area contributed by atoms with E-state index in [4.69, 9.17) is 0 Å². The zero-order valence-electron chi connectivity index (χ0n) is 20.8. The van der Waals surface area contributed by atoms with Gasteiger partial charge in [0.25, 0.3) is 0 Å². The lowest BCUT2D eigenvalue weighted by atomic mass is 10.1. The van der Waals surface area contributed by atoms with Gasteiger partial charge in [-0.2, -0.15) is 4.31 Å². The number of unbranched alkanes of at least 4 members (excludes halogenated alkanes) is 2. The van der Waals surface area contributed by atoms with Crippen LogP contribution in [0.25, 0.3) is 0 Å². The summed E-state index contributed by atoms with van der Waals surface area (Å²) in [6, 6.07) is 16.0. The van der Waals surface area contributed by atoms with E-state index in [1.54, 1.807) is 12.1 Å². The highest BCUT2D eigenvalue weighted by Crippen LogP contribution is 2.26. The molecule has 0 N–H and O–H groups in total. The third-order valence-corrected chi connectivity index (χ3v) is 9.77. The van der Waals surface area contributed by atoms with E-state index in [0.717, 1.165) is 64.0 Å². The second-order valence-corrected chi connectivity index (χ2v) is 12.1. The highest BCUT2D eigenvalue weighted by Gasteiger charge is 2.29. The summed E-state index contributed by atoms with van der Waals surface area (Å²) < 4.78 is 39.9. The van der Waals surface area contributed by atoms with Crippen molar-refractivity contribution in [3.05, 3.63) is 54.1 Å². The molecule has 188 valence electrons. The third-order valence-electron chi connectivity index (χ3n) is 6.57. The predicted molar refractivity (Wildman–Crippen MR) is 142 cm³/mol. The number of piperazine rings is 1. The van der Waals surface area contributed by atoms with Crippen LogP contribution in [0.2, 0.25) is 0 Å². The molecule has 2 aromatic rings. The average molecular weight is 506 g/mol. The molecule has 1 unspecified atom stereocenters. The zero-order chi connectivity index (χ0) is 24.6. The van der Waals surface area contributed by atoms with Crippen LogP contribution < -0.4 is 4.90 Å². The fourth-order valence-electron chi connectivity index (χ4n) is 4.56. The molecule has 2 aromatic carbocycles. The zero-order valence-corrected chi connectivity index (χ0v) is 22.4. The lowest BCUT2D eigenvalue weighted by Gasteiger charge is -2.36. The minimum atomic E-state index is -3.64. The fraction of sp³-hybridized carbons (Fsp3) is 0.538. The van der Waals surface area contributed by atoms with Crippen LogP contribution in [0.3, 0.4) is 0 Å². The van der Waals surface area contributed by atoms with Crippen LogP contribution in [0.4, 0.5) is 5.69 Å². The summed E-state index contributed by atoms with van der Waals surface area (Å²) in [5.41, 5.74) is 2.30. The first-order chi connectivity index (χ1) is 16.4. The van der Waals surface area contributed by atoms with Crippen molar-refractivity contribution in [1.29, 1.82) is 0 Å². The maximum absolute atomic E-state index is 13.1. The Labute approximate surface area is 209 Å². The Hall–Kier alpha value is -1.58. The van der Waals surface area contributed by atoms with E-state index in [0.29, 0.717) is 18.0 Å². The molecule has 6 nitrogen and oxygen atoms in total. The Bertz CT molecular complexity index is 988. The lowest BCUT2D eigenvalue weighted by Crippen LogP contribution is -2.46. The number of anilines is 1. The van der Waals surface area contributed by atoms with Crippen molar-refractivity contribution in [3.63, 3.8) is 0 Å². The Kier molecular flexibility index (Phi) is 10.3. The van der Waals surface area contributed by atoms with Crippen molar-refractivity contribution in [3.8, 4) is 0 Å². The number of benzene rings is 2. The lowest BCUT2D eigenvalue weighted by molar-refractivity contribution is 0.252. The van der Waals surface area contributed by atoms with Crippen molar-refractivity contribution in [2.75, 3.05) is 57.0 Å². The molecule has 0 aliphatic carbocycles. The van der Waals surface area contributed by atoms with Crippen LogP contribution in [0.1, 0.15) is 38.7 Å². The SMILES string of the molecule is CCN(CC)S(=O)(=O)c1cc(CCCCCN2CCN(c3ccccc3)CC2)ccc1[S+](C)[O-]. The molecule has 1 aliphatic heterocycles. The van der Waals surface area contributed by atoms with Crippen molar-refractivity contribution in [2.45, 2.75) is 49.3 Å². The molecule has 0 spiro atoms. The van der Waals surface area contributed by atoms with Gasteiger partial charge in [-0.25, -0.2) is 8.42 Å². The molecule has 1 heterocycles. The highest BCUT2D eigenvalue weighted by atomic mass is 32.2.